The van der Waals surface area contributed by atoms with Crippen LogP contribution in [0.3, 0.4) is 0 Å². The number of imide groups is 1. The van der Waals surface area contributed by atoms with E-state index in [1.807, 2.05) is 13.8 Å². The molecule has 1 fully saturated rings. The highest BCUT2D eigenvalue weighted by atomic mass is 16.2. The summed E-state index contributed by atoms with van der Waals surface area (Å²) in [4.78, 5) is 35.8. The van der Waals surface area contributed by atoms with Gasteiger partial charge in [0.25, 0.3) is 0 Å². The van der Waals surface area contributed by atoms with E-state index < -0.39 is 12.1 Å². The van der Waals surface area contributed by atoms with Crippen molar-refractivity contribution in [1.29, 1.82) is 0 Å². The molecular weight excluding hydrogens is 234 g/mol. The van der Waals surface area contributed by atoms with Gasteiger partial charge in [-0.3, -0.25) is 24.6 Å². The summed E-state index contributed by atoms with van der Waals surface area (Å²) in [5.74, 6) is -0.267. The number of rotatable bonds is 5. The lowest BCUT2D eigenvalue weighted by molar-refractivity contribution is -0.137. The summed E-state index contributed by atoms with van der Waals surface area (Å²) in [7, 11) is 1.45. The molecule has 0 aliphatic carbocycles. The topological polar surface area (TPSA) is 78.5 Å². The summed E-state index contributed by atoms with van der Waals surface area (Å²) in [5, 5.41) is 5.67. The van der Waals surface area contributed by atoms with Crippen LogP contribution in [-0.2, 0) is 14.4 Å². The average molecular weight is 255 g/mol. The Morgan fingerprint density at radius 1 is 1.39 bits per heavy atom. The molecule has 2 unspecified atom stereocenters. The first-order chi connectivity index (χ1) is 8.32. The first kappa shape index (κ1) is 14.6. The minimum absolute atomic E-state index is 0.122. The quantitative estimate of drug-likeness (QED) is 0.649. The van der Waals surface area contributed by atoms with Crippen molar-refractivity contribution < 1.29 is 14.4 Å². The minimum Gasteiger partial charge on any atom is -0.354 e. The number of nitrogens with zero attached hydrogens (tertiary/aromatic N) is 1. The highest BCUT2D eigenvalue weighted by Gasteiger charge is 2.37. The third kappa shape index (κ3) is 3.53. The van der Waals surface area contributed by atoms with Crippen molar-refractivity contribution in [2.75, 3.05) is 13.6 Å². The molecule has 0 aromatic heterocycles. The number of likely N-dealkylation sites (N-methyl/N-ethyl adjacent to an activating group) is 1. The Labute approximate surface area is 107 Å². The average Bonchev–Trinajstić information content (AvgIpc) is 2.53. The third-order valence-corrected chi connectivity index (χ3v) is 2.91. The molecule has 18 heavy (non-hydrogen) atoms. The van der Waals surface area contributed by atoms with Crippen molar-refractivity contribution >= 4 is 17.7 Å². The molecule has 1 aliphatic rings. The minimum atomic E-state index is -0.581. The number of nitrogens with one attached hydrogen (secondary N) is 2. The fourth-order valence-corrected chi connectivity index (χ4v) is 1.72. The molecule has 0 bridgehead atoms. The molecule has 6 heteroatoms. The van der Waals surface area contributed by atoms with E-state index in [-0.39, 0.29) is 24.1 Å². The molecule has 1 rings (SSSR count). The number of carbonyl (C=O) groups is 3. The molecule has 1 saturated heterocycles. The zero-order chi connectivity index (χ0) is 13.9. The first-order valence-electron chi connectivity index (χ1n) is 6.17. The number of hydrogen-bond donors (Lipinski definition) is 2. The maximum atomic E-state index is 11.7. The van der Waals surface area contributed by atoms with Crippen molar-refractivity contribution in [2.24, 2.45) is 5.92 Å². The Kier molecular flexibility index (Phi) is 4.84. The molecule has 0 radical (unpaired) electrons. The second-order valence-corrected chi connectivity index (χ2v) is 5.08. The molecule has 0 spiro atoms. The van der Waals surface area contributed by atoms with E-state index >= 15 is 0 Å². The Balaban J connectivity index is 2.45. The van der Waals surface area contributed by atoms with Gasteiger partial charge in [0, 0.05) is 13.6 Å². The molecule has 0 saturated carbocycles. The number of hydrogen-bond acceptors (Lipinski definition) is 4. The molecule has 0 aromatic rings. The first-order valence-corrected chi connectivity index (χ1v) is 6.17. The standard InChI is InChI=1S/C12H21N3O3/c1-7(2)6-13-11(17)8(3)14-9-5-10(16)15(4)12(9)18/h7-9,14H,5-6H2,1-4H3,(H,13,17). The van der Waals surface area contributed by atoms with E-state index in [2.05, 4.69) is 10.6 Å². The van der Waals surface area contributed by atoms with Crippen LogP contribution in [0.2, 0.25) is 0 Å². The Morgan fingerprint density at radius 3 is 2.44 bits per heavy atom. The molecule has 0 aromatic carbocycles. The molecule has 2 N–H and O–H groups in total. The SMILES string of the molecule is CC(C)CNC(=O)C(C)NC1CC(=O)N(C)C1=O. The van der Waals surface area contributed by atoms with Gasteiger partial charge in [0.1, 0.15) is 0 Å². The Bertz CT molecular complexity index is 354. The van der Waals surface area contributed by atoms with Gasteiger partial charge >= 0.3 is 0 Å². The zero-order valence-corrected chi connectivity index (χ0v) is 11.3. The number of carbonyl (C=O) groups excluding carboxylic acids is 3. The lowest BCUT2D eigenvalue weighted by Gasteiger charge is -2.18. The van der Waals surface area contributed by atoms with Crippen LogP contribution >= 0.6 is 0 Å². The highest BCUT2D eigenvalue weighted by molar-refractivity contribution is 6.05. The maximum Gasteiger partial charge on any atom is 0.246 e. The molecule has 1 heterocycles. The smallest absolute Gasteiger partial charge is 0.246 e. The number of likely N-dealkylation sites (tertiary alicyclic amines) is 1. The largest absolute Gasteiger partial charge is 0.354 e. The van der Waals surface area contributed by atoms with Gasteiger partial charge < -0.3 is 5.32 Å². The van der Waals surface area contributed by atoms with Crippen LogP contribution in [0, 0.1) is 5.92 Å². The summed E-state index contributed by atoms with van der Waals surface area (Å²) in [6.07, 6.45) is 0.122. The lowest BCUT2D eigenvalue weighted by Crippen LogP contribution is -2.49. The highest BCUT2D eigenvalue weighted by Crippen LogP contribution is 2.11. The van der Waals surface area contributed by atoms with Crippen LogP contribution in [0.5, 0.6) is 0 Å². The van der Waals surface area contributed by atoms with Crippen LogP contribution in [0.15, 0.2) is 0 Å². The van der Waals surface area contributed by atoms with E-state index in [0.717, 1.165) is 4.90 Å². The lowest BCUT2D eigenvalue weighted by atomic mass is 10.2. The predicted octanol–water partition coefficient (Wildman–Crippen LogP) is -0.506. The molecule has 6 nitrogen and oxygen atoms in total. The summed E-state index contributed by atoms with van der Waals surface area (Å²) in [6.45, 7) is 6.30. The van der Waals surface area contributed by atoms with Gasteiger partial charge in [-0.15, -0.1) is 0 Å². The zero-order valence-electron chi connectivity index (χ0n) is 11.3. The van der Waals surface area contributed by atoms with Crippen molar-refractivity contribution in [3.05, 3.63) is 0 Å². The molecule has 1 aliphatic heterocycles. The van der Waals surface area contributed by atoms with Crippen LogP contribution in [0.25, 0.3) is 0 Å². The van der Waals surface area contributed by atoms with Gasteiger partial charge in [-0.1, -0.05) is 13.8 Å². The summed E-state index contributed by atoms with van der Waals surface area (Å²) >= 11 is 0. The molecular formula is C12H21N3O3. The van der Waals surface area contributed by atoms with Crippen molar-refractivity contribution in [1.82, 2.24) is 15.5 Å². The van der Waals surface area contributed by atoms with Gasteiger partial charge in [-0.25, -0.2) is 0 Å². The van der Waals surface area contributed by atoms with Gasteiger partial charge in [0.15, 0.2) is 0 Å². The van der Waals surface area contributed by atoms with Crippen LogP contribution in [-0.4, -0.2) is 48.3 Å². The van der Waals surface area contributed by atoms with Crippen LogP contribution in [0.1, 0.15) is 27.2 Å². The molecule has 2 atom stereocenters. The summed E-state index contributed by atoms with van der Waals surface area (Å²) in [5.41, 5.74) is 0. The van der Waals surface area contributed by atoms with Gasteiger partial charge in [0.05, 0.1) is 18.5 Å². The normalized spacial score (nSPS) is 21.6. The van der Waals surface area contributed by atoms with Gasteiger partial charge in [-0.05, 0) is 12.8 Å². The van der Waals surface area contributed by atoms with E-state index in [1.165, 1.54) is 7.05 Å². The van der Waals surface area contributed by atoms with E-state index in [1.54, 1.807) is 6.92 Å². The molecule has 3 amide bonds. The van der Waals surface area contributed by atoms with Crippen molar-refractivity contribution in [3.63, 3.8) is 0 Å². The van der Waals surface area contributed by atoms with E-state index in [4.69, 9.17) is 0 Å². The monoisotopic (exact) mass is 255 g/mol. The number of amides is 3. The van der Waals surface area contributed by atoms with Crippen LogP contribution < -0.4 is 10.6 Å². The third-order valence-electron chi connectivity index (χ3n) is 2.91. The molecule has 102 valence electrons. The fraction of sp³-hybridized carbons (Fsp3) is 0.750. The predicted molar refractivity (Wildman–Crippen MR) is 66.6 cm³/mol. The van der Waals surface area contributed by atoms with E-state index in [9.17, 15) is 14.4 Å². The van der Waals surface area contributed by atoms with Gasteiger partial charge in [0.2, 0.25) is 17.7 Å². The summed E-state index contributed by atoms with van der Waals surface area (Å²) < 4.78 is 0. The Morgan fingerprint density at radius 2 is 2.00 bits per heavy atom. The second kappa shape index (κ2) is 5.95. The fourth-order valence-electron chi connectivity index (χ4n) is 1.72. The maximum absolute atomic E-state index is 11.7. The summed E-state index contributed by atoms with van der Waals surface area (Å²) in [6, 6.07) is -1.07. The van der Waals surface area contributed by atoms with Gasteiger partial charge in [-0.2, -0.15) is 0 Å². The Hall–Kier alpha value is -1.43. The van der Waals surface area contributed by atoms with Crippen LogP contribution in [0.4, 0.5) is 0 Å². The second-order valence-electron chi connectivity index (χ2n) is 5.08. The van der Waals surface area contributed by atoms with Crippen molar-refractivity contribution in [3.8, 4) is 0 Å². The van der Waals surface area contributed by atoms with E-state index in [0.29, 0.717) is 12.5 Å². The van der Waals surface area contributed by atoms with Crippen molar-refractivity contribution in [2.45, 2.75) is 39.3 Å².